The van der Waals surface area contributed by atoms with Crippen LogP contribution in [0.25, 0.3) is 5.69 Å². The summed E-state index contributed by atoms with van der Waals surface area (Å²) in [5.74, 6) is -0.373. The van der Waals surface area contributed by atoms with Crippen LogP contribution in [-0.4, -0.2) is 54.4 Å². The molecule has 10 heteroatoms. The lowest BCUT2D eigenvalue weighted by Gasteiger charge is -2.28. The maximum atomic E-state index is 13.6. The number of nitrogens with two attached hydrogens (primary N) is 1. The molecule has 3 aromatic rings. The van der Waals surface area contributed by atoms with Crippen molar-refractivity contribution in [2.24, 2.45) is 5.73 Å². The van der Waals surface area contributed by atoms with Crippen molar-refractivity contribution in [3.05, 3.63) is 65.5 Å². The van der Waals surface area contributed by atoms with E-state index >= 15 is 0 Å². The second-order valence-electron chi connectivity index (χ2n) is 8.61. The Labute approximate surface area is 215 Å². The lowest BCUT2D eigenvalue weighted by molar-refractivity contribution is -0.116. The molecule has 1 aliphatic rings. The van der Waals surface area contributed by atoms with E-state index in [0.717, 1.165) is 12.8 Å². The van der Waals surface area contributed by atoms with Crippen LogP contribution in [0.2, 0.25) is 0 Å². The summed E-state index contributed by atoms with van der Waals surface area (Å²) in [6.45, 7) is 3.64. The Morgan fingerprint density at radius 3 is 2.41 bits per heavy atom. The van der Waals surface area contributed by atoms with E-state index in [1.165, 1.54) is 4.68 Å². The third kappa shape index (κ3) is 5.80. The average molecular weight is 506 g/mol. The number of unbranched alkanes of at least 4 members (excludes halogenated alkanes) is 1. The molecule has 0 aliphatic carbocycles. The van der Waals surface area contributed by atoms with Crippen molar-refractivity contribution in [2.75, 3.05) is 37.1 Å². The topological polar surface area (TPSA) is 129 Å². The van der Waals surface area contributed by atoms with E-state index in [1.54, 1.807) is 60.5 Å². The molecule has 0 radical (unpaired) electrons. The summed E-state index contributed by atoms with van der Waals surface area (Å²) >= 11 is 0. The van der Waals surface area contributed by atoms with Crippen molar-refractivity contribution in [3.8, 4) is 11.4 Å². The summed E-state index contributed by atoms with van der Waals surface area (Å²) in [6.07, 6.45) is 2.43. The Balaban J connectivity index is 1.51. The number of rotatable bonds is 11. The number of carbonyl (C=O) groups is 3. The van der Waals surface area contributed by atoms with Crippen molar-refractivity contribution < 1.29 is 23.9 Å². The zero-order valence-corrected chi connectivity index (χ0v) is 21.0. The van der Waals surface area contributed by atoms with Crippen molar-refractivity contribution in [1.82, 2.24) is 9.78 Å². The minimum Gasteiger partial charge on any atom is -0.497 e. The number of benzene rings is 2. The van der Waals surface area contributed by atoms with Gasteiger partial charge in [0, 0.05) is 43.1 Å². The second-order valence-corrected chi connectivity index (χ2v) is 8.61. The van der Waals surface area contributed by atoms with Gasteiger partial charge < -0.3 is 25.4 Å². The van der Waals surface area contributed by atoms with E-state index in [4.69, 9.17) is 15.2 Å². The van der Waals surface area contributed by atoms with Gasteiger partial charge in [0.2, 0.25) is 5.91 Å². The van der Waals surface area contributed by atoms with Gasteiger partial charge in [-0.1, -0.05) is 0 Å². The van der Waals surface area contributed by atoms with Crippen molar-refractivity contribution in [2.45, 2.75) is 32.6 Å². The predicted molar refractivity (Wildman–Crippen MR) is 139 cm³/mol. The minimum atomic E-state index is -0.678. The zero-order chi connectivity index (χ0) is 26.4. The van der Waals surface area contributed by atoms with Crippen LogP contribution in [-0.2, 0) is 16.0 Å². The van der Waals surface area contributed by atoms with Gasteiger partial charge in [-0.25, -0.2) is 4.68 Å². The van der Waals surface area contributed by atoms with Crippen LogP contribution in [0.4, 0.5) is 11.4 Å². The molecule has 3 N–H and O–H groups in total. The molecule has 10 nitrogen and oxygen atoms in total. The molecular formula is C27H31N5O5. The summed E-state index contributed by atoms with van der Waals surface area (Å²) in [4.78, 5) is 39.6. The number of primary amides is 1. The van der Waals surface area contributed by atoms with Crippen LogP contribution < -0.4 is 20.7 Å². The number of amides is 3. The van der Waals surface area contributed by atoms with Crippen molar-refractivity contribution >= 4 is 29.1 Å². The lowest BCUT2D eigenvalue weighted by Crippen LogP contribution is -2.39. The van der Waals surface area contributed by atoms with E-state index in [9.17, 15) is 14.4 Å². The Hall–Kier alpha value is -4.18. The molecule has 0 unspecified atom stereocenters. The molecule has 3 amide bonds. The van der Waals surface area contributed by atoms with E-state index < -0.39 is 5.91 Å². The second kappa shape index (κ2) is 11.7. The van der Waals surface area contributed by atoms with Gasteiger partial charge in [-0.05, 0) is 74.7 Å². The molecule has 4 rings (SSSR count). The molecule has 0 saturated heterocycles. The highest BCUT2D eigenvalue weighted by Gasteiger charge is 2.34. The molecule has 1 aromatic heterocycles. The summed E-state index contributed by atoms with van der Waals surface area (Å²) in [5, 5.41) is 7.27. The maximum Gasteiger partial charge on any atom is 0.277 e. The van der Waals surface area contributed by atoms with Gasteiger partial charge in [-0.2, -0.15) is 5.10 Å². The predicted octanol–water partition coefficient (Wildman–Crippen LogP) is 3.33. The van der Waals surface area contributed by atoms with Gasteiger partial charge in [0.1, 0.15) is 11.4 Å². The molecule has 0 bridgehead atoms. The molecule has 0 fully saturated rings. The van der Waals surface area contributed by atoms with E-state index in [2.05, 4.69) is 10.4 Å². The van der Waals surface area contributed by atoms with Crippen LogP contribution in [0, 0.1) is 0 Å². The Morgan fingerprint density at radius 1 is 1.05 bits per heavy atom. The monoisotopic (exact) mass is 505 g/mol. The molecule has 0 spiro atoms. The summed E-state index contributed by atoms with van der Waals surface area (Å²) < 4.78 is 12.0. The number of hydrogen-bond acceptors (Lipinski definition) is 6. The summed E-state index contributed by atoms with van der Waals surface area (Å²) in [7, 11) is 1.57. The van der Waals surface area contributed by atoms with Crippen LogP contribution in [0.5, 0.6) is 5.75 Å². The molecule has 2 aromatic carbocycles. The number of methoxy groups -OCH3 is 1. The molecule has 37 heavy (non-hydrogen) atoms. The van der Waals surface area contributed by atoms with Crippen molar-refractivity contribution in [3.63, 3.8) is 0 Å². The van der Waals surface area contributed by atoms with Crippen LogP contribution in [0.3, 0.4) is 0 Å². The number of carbonyl (C=O) groups excluding carboxylic acids is 3. The molecule has 1 aliphatic heterocycles. The molecular weight excluding hydrogens is 474 g/mol. The first-order valence-corrected chi connectivity index (χ1v) is 12.3. The fourth-order valence-corrected chi connectivity index (χ4v) is 4.30. The molecule has 2 heterocycles. The first-order chi connectivity index (χ1) is 17.9. The molecule has 0 atom stereocenters. The standard InChI is InChI=1S/C27H31N5O5/c1-3-37-17-5-4-6-23(33)29-18-7-9-19(10-8-18)31-16-15-22-24(26(28)34)30-32(25(22)27(31)35)20-11-13-21(36-2)14-12-20/h7-14H,3-6,15-17H2,1-2H3,(H2,28,34)(H,29,33). The normalized spacial score (nSPS) is 12.8. The lowest BCUT2D eigenvalue weighted by atomic mass is 10.0. The van der Waals surface area contributed by atoms with Gasteiger partial charge in [0.25, 0.3) is 11.8 Å². The highest BCUT2D eigenvalue weighted by atomic mass is 16.5. The smallest absolute Gasteiger partial charge is 0.277 e. The van der Waals surface area contributed by atoms with E-state index in [0.29, 0.717) is 66.7 Å². The van der Waals surface area contributed by atoms with Gasteiger partial charge in [-0.15, -0.1) is 0 Å². The van der Waals surface area contributed by atoms with Crippen molar-refractivity contribution in [1.29, 1.82) is 0 Å². The molecule has 0 saturated carbocycles. The Bertz CT molecular complexity index is 1270. The number of hydrogen-bond donors (Lipinski definition) is 2. The quantitative estimate of drug-likeness (QED) is 0.385. The number of nitrogens with one attached hydrogen (secondary N) is 1. The SMILES string of the molecule is CCOCCCCC(=O)Nc1ccc(N2CCc3c(C(N)=O)nn(-c4ccc(OC)cc4)c3C2=O)cc1. The number of ether oxygens (including phenoxy) is 2. The van der Waals surface area contributed by atoms with Gasteiger partial charge >= 0.3 is 0 Å². The fourth-order valence-electron chi connectivity index (χ4n) is 4.30. The Morgan fingerprint density at radius 2 is 1.76 bits per heavy atom. The number of fused-ring (bicyclic) bond motifs is 1. The molecule has 194 valence electrons. The minimum absolute atomic E-state index is 0.0645. The van der Waals surface area contributed by atoms with Gasteiger partial charge in [0.15, 0.2) is 5.69 Å². The highest BCUT2D eigenvalue weighted by molar-refractivity contribution is 6.09. The third-order valence-corrected chi connectivity index (χ3v) is 6.18. The maximum absolute atomic E-state index is 13.6. The van der Waals surface area contributed by atoms with Crippen LogP contribution >= 0.6 is 0 Å². The average Bonchev–Trinajstić information content (AvgIpc) is 3.30. The third-order valence-electron chi connectivity index (χ3n) is 6.18. The number of nitrogens with zero attached hydrogens (tertiary/aromatic N) is 3. The summed E-state index contributed by atoms with van der Waals surface area (Å²) in [5.41, 5.74) is 8.45. The van der Waals surface area contributed by atoms with Crippen LogP contribution in [0.1, 0.15) is 52.7 Å². The number of anilines is 2. The van der Waals surface area contributed by atoms with E-state index in [-0.39, 0.29) is 17.5 Å². The summed E-state index contributed by atoms with van der Waals surface area (Å²) in [6, 6.07) is 14.1. The van der Waals surface area contributed by atoms with E-state index in [1.807, 2.05) is 6.92 Å². The first kappa shape index (κ1) is 25.9. The van der Waals surface area contributed by atoms with Gasteiger partial charge in [-0.3, -0.25) is 14.4 Å². The number of aromatic nitrogens is 2. The Kier molecular flexibility index (Phi) is 8.19. The zero-order valence-electron chi connectivity index (χ0n) is 21.0. The highest BCUT2D eigenvalue weighted by Crippen LogP contribution is 2.30. The van der Waals surface area contributed by atoms with Gasteiger partial charge in [0.05, 0.1) is 12.8 Å². The first-order valence-electron chi connectivity index (χ1n) is 12.3. The van der Waals surface area contributed by atoms with Crippen LogP contribution in [0.15, 0.2) is 48.5 Å². The largest absolute Gasteiger partial charge is 0.497 e. The fraction of sp³-hybridized carbons (Fsp3) is 0.333.